The van der Waals surface area contributed by atoms with E-state index in [9.17, 15) is 9.18 Å². The monoisotopic (exact) mass is 429 g/mol. The van der Waals surface area contributed by atoms with E-state index in [0.717, 1.165) is 17.3 Å². The maximum absolute atomic E-state index is 13.1. The third kappa shape index (κ3) is 3.78. The molecule has 27 heavy (non-hydrogen) atoms. The summed E-state index contributed by atoms with van der Waals surface area (Å²) in [6, 6.07) is 13.3. The molecule has 1 atom stereocenters. The summed E-state index contributed by atoms with van der Waals surface area (Å²) >= 11 is 3.44. The normalized spacial score (nSPS) is 17.1. The van der Waals surface area contributed by atoms with Gasteiger partial charge in [0.05, 0.1) is 11.5 Å². The number of carbonyl (C=O) groups excluding carboxylic acids is 1. The highest BCUT2D eigenvalue weighted by atomic mass is 79.9. The molecular weight excluding hydrogens is 413 g/mol. The van der Waals surface area contributed by atoms with Gasteiger partial charge in [0.15, 0.2) is 0 Å². The predicted octanol–water partition coefficient (Wildman–Crippen LogP) is 4.66. The van der Waals surface area contributed by atoms with Gasteiger partial charge in [-0.25, -0.2) is 4.39 Å². The second-order valence-corrected chi connectivity index (χ2v) is 7.38. The zero-order valence-corrected chi connectivity index (χ0v) is 16.0. The standard InChI is InChI=1S/C20H17BrFN3O2/c21-17-6-2-1-5-16(17)20(26)25-11-3-4-14(12-25)19-24-23-18(27-19)13-7-9-15(22)10-8-13/h1-2,5-10,14H,3-4,11-12H2. The second-order valence-electron chi connectivity index (χ2n) is 6.52. The first kappa shape index (κ1) is 17.9. The van der Waals surface area contributed by atoms with E-state index in [2.05, 4.69) is 26.1 Å². The predicted molar refractivity (Wildman–Crippen MR) is 102 cm³/mol. The molecule has 0 spiro atoms. The van der Waals surface area contributed by atoms with E-state index in [4.69, 9.17) is 4.42 Å². The molecule has 1 aliphatic rings. The number of amides is 1. The minimum absolute atomic E-state index is 0.00751. The van der Waals surface area contributed by atoms with Gasteiger partial charge in [0.2, 0.25) is 11.8 Å². The summed E-state index contributed by atoms with van der Waals surface area (Å²) < 4.78 is 19.7. The number of aromatic nitrogens is 2. The van der Waals surface area contributed by atoms with Crippen LogP contribution < -0.4 is 0 Å². The largest absolute Gasteiger partial charge is 0.420 e. The Hall–Kier alpha value is -2.54. The second kappa shape index (κ2) is 7.60. The summed E-state index contributed by atoms with van der Waals surface area (Å²) in [5.41, 5.74) is 1.32. The molecule has 2 heterocycles. The van der Waals surface area contributed by atoms with Crippen molar-refractivity contribution in [2.24, 2.45) is 0 Å². The number of rotatable bonds is 3. The first-order valence-electron chi connectivity index (χ1n) is 8.75. The molecule has 0 N–H and O–H groups in total. The van der Waals surface area contributed by atoms with Crippen molar-refractivity contribution < 1.29 is 13.6 Å². The van der Waals surface area contributed by atoms with Crippen LogP contribution in [-0.2, 0) is 0 Å². The van der Waals surface area contributed by atoms with Gasteiger partial charge in [-0.15, -0.1) is 10.2 Å². The Kier molecular flexibility index (Phi) is 5.03. The van der Waals surface area contributed by atoms with E-state index in [1.165, 1.54) is 12.1 Å². The maximum atomic E-state index is 13.1. The number of likely N-dealkylation sites (tertiary alicyclic amines) is 1. The average Bonchev–Trinajstić information content (AvgIpc) is 3.19. The highest BCUT2D eigenvalue weighted by Crippen LogP contribution is 2.30. The van der Waals surface area contributed by atoms with Crippen molar-refractivity contribution in [2.75, 3.05) is 13.1 Å². The molecule has 2 aromatic carbocycles. The Morgan fingerprint density at radius 3 is 2.70 bits per heavy atom. The van der Waals surface area contributed by atoms with Gasteiger partial charge in [0, 0.05) is 23.1 Å². The smallest absolute Gasteiger partial charge is 0.255 e. The van der Waals surface area contributed by atoms with Crippen molar-refractivity contribution in [1.82, 2.24) is 15.1 Å². The number of piperidine rings is 1. The molecule has 1 amide bonds. The van der Waals surface area contributed by atoms with Gasteiger partial charge in [-0.05, 0) is 65.2 Å². The fraction of sp³-hybridized carbons (Fsp3) is 0.250. The molecule has 7 heteroatoms. The van der Waals surface area contributed by atoms with Crippen LogP contribution in [0.15, 0.2) is 57.4 Å². The van der Waals surface area contributed by atoms with Crippen LogP contribution in [-0.4, -0.2) is 34.1 Å². The van der Waals surface area contributed by atoms with Gasteiger partial charge in [0.1, 0.15) is 5.82 Å². The lowest BCUT2D eigenvalue weighted by atomic mass is 9.97. The van der Waals surface area contributed by atoms with Gasteiger partial charge in [-0.1, -0.05) is 12.1 Å². The van der Waals surface area contributed by atoms with Crippen LogP contribution in [0.3, 0.4) is 0 Å². The van der Waals surface area contributed by atoms with Gasteiger partial charge >= 0.3 is 0 Å². The molecule has 0 saturated carbocycles. The number of halogens is 2. The number of hydrogen-bond donors (Lipinski definition) is 0. The fourth-order valence-corrected chi connectivity index (χ4v) is 3.73. The molecule has 1 aromatic heterocycles. The summed E-state index contributed by atoms with van der Waals surface area (Å²) in [6.45, 7) is 1.24. The third-order valence-corrected chi connectivity index (χ3v) is 5.39. The molecule has 5 nitrogen and oxygen atoms in total. The van der Waals surface area contributed by atoms with Gasteiger partial charge in [-0.2, -0.15) is 0 Å². The lowest BCUT2D eigenvalue weighted by Gasteiger charge is -2.31. The molecule has 3 aromatic rings. The molecule has 1 saturated heterocycles. The third-order valence-electron chi connectivity index (χ3n) is 4.69. The summed E-state index contributed by atoms with van der Waals surface area (Å²) in [5.74, 6) is 0.544. The lowest BCUT2D eigenvalue weighted by molar-refractivity contribution is 0.0697. The summed E-state index contributed by atoms with van der Waals surface area (Å²) in [7, 11) is 0. The van der Waals surface area contributed by atoms with Crippen LogP contribution in [0.2, 0.25) is 0 Å². The van der Waals surface area contributed by atoms with Gasteiger partial charge < -0.3 is 9.32 Å². The zero-order chi connectivity index (χ0) is 18.8. The number of hydrogen-bond acceptors (Lipinski definition) is 4. The Morgan fingerprint density at radius 2 is 1.93 bits per heavy atom. The van der Waals surface area contributed by atoms with Crippen LogP contribution in [0.5, 0.6) is 0 Å². The maximum Gasteiger partial charge on any atom is 0.255 e. The Bertz CT molecular complexity index is 958. The average molecular weight is 430 g/mol. The first-order valence-corrected chi connectivity index (χ1v) is 9.54. The highest BCUT2D eigenvalue weighted by molar-refractivity contribution is 9.10. The summed E-state index contributed by atoms with van der Waals surface area (Å²) in [4.78, 5) is 14.7. The van der Waals surface area contributed by atoms with E-state index in [-0.39, 0.29) is 17.6 Å². The van der Waals surface area contributed by atoms with E-state index in [0.29, 0.717) is 36.0 Å². The van der Waals surface area contributed by atoms with Crippen molar-refractivity contribution >= 4 is 21.8 Å². The van der Waals surface area contributed by atoms with Crippen LogP contribution in [0.4, 0.5) is 4.39 Å². The molecule has 0 radical (unpaired) electrons. The molecule has 0 bridgehead atoms. The van der Waals surface area contributed by atoms with Crippen LogP contribution in [0.25, 0.3) is 11.5 Å². The van der Waals surface area contributed by atoms with E-state index >= 15 is 0 Å². The Balaban J connectivity index is 1.51. The SMILES string of the molecule is O=C(c1ccccc1Br)N1CCCC(c2nnc(-c3ccc(F)cc3)o2)C1. The van der Waals surface area contributed by atoms with Crippen molar-refractivity contribution in [2.45, 2.75) is 18.8 Å². The molecule has 4 rings (SSSR count). The van der Waals surface area contributed by atoms with Crippen molar-refractivity contribution in [3.8, 4) is 11.5 Å². The molecule has 0 aliphatic carbocycles. The minimum atomic E-state index is -0.313. The minimum Gasteiger partial charge on any atom is -0.420 e. The number of carbonyl (C=O) groups is 1. The number of benzene rings is 2. The quantitative estimate of drug-likeness (QED) is 0.607. The van der Waals surface area contributed by atoms with E-state index in [1.54, 1.807) is 12.1 Å². The zero-order valence-electron chi connectivity index (χ0n) is 14.4. The van der Waals surface area contributed by atoms with Crippen LogP contribution in [0, 0.1) is 5.82 Å². The Morgan fingerprint density at radius 1 is 1.15 bits per heavy atom. The van der Waals surface area contributed by atoms with Crippen LogP contribution >= 0.6 is 15.9 Å². The first-order chi connectivity index (χ1) is 13.1. The lowest BCUT2D eigenvalue weighted by Crippen LogP contribution is -2.39. The molecule has 1 aliphatic heterocycles. The van der Waals surface area contributed by atoms with E-state index in [1.807, 2.05) is 29.2 Å². The molecular formula is C20H17BrFN3O2. The fourth-order valence-electron chi connectivity index (χ4n) is 3.28. The molecule has 1 unspecified atom stereocenters. The van der Waals surface area contributed by atoms with E-state index < -0.39 is 0 Å². The van der Waals surface area contributed by atoms with Gasteiger partial charge in [-0.3, -0.25) is 4.79 Å². The topological polar surface area (TPSA) is 59.2 Å². The van der Waals surface area contributed by atoms with Crippen molar-refractivity contribution in [1.29, 1.82) is 0 Å². The van der Waals surface area contributed by atoms with Crippen molar-refractivity contribution in [3.63, 3.8) is 0 Å². The summed E-state index contributed by atoms with van der Waals surface area (Å²) in [5, 5.41) is 8.25. The van der Waals surface area contributed by atoms with Crippen molar-refractivity contribution in [3.05, 3.63) is 70.3 Å². The van der Waals surface area contributed by atoms with Gasteiger partial charge in [0.25, 0.3) is 5.91 Å². The number of nitrogens with zero attached hydrogens (tertiary/aromatic N) is 3. The summed E-state index contributed by atoms with van der Waals surface area (Å²) in [6.07, 6.45) is 1.75. The molecule has 1 fully saturated rings. The van der Waals surface area contributed by atoms with Crippen LogP contribution in [0.1, 0.15) is 35.0 Å². The Labute approximate surface area is 164 Å². The molecule has 138 valence electrons. The highest BCUT2D eigenvalue weighted by Gasteiger charge is 2.29.